The van der Waals surface area contributed by atoms with Gasteiger partial charge in [0.25, 0.3) is 5.91 Å². The van der Waals surface area contributed by atoms with Gasteiger partial charge in [0.2, 0.25) is 5.91 Å². The first kappa shape index (κ1) is 19.4. The van der Waals surface area contributed by atoms with Gasteiger partial charge in [-0.3, -0.25) is 14.4 Å². The van der Waals surface area contributed by atoms with Gasteiger partial charge in [-0.1, -0.05) is 42.5 Å². The molecule has 0 saturated carbocycles. The van der Waals surface area contributed by atoms with Gasteiger partial charge in [0.05, 0.1) is 0 Å². The summed E-state index contributed by atoms with van der Waals surface area (Å²) in [7, 11) is 0. The first-order chi connectivity index (χ1) is 14.1. The van der Waals surface area contributed by atoms with Crippen molar-refractivity contribution in [1.82, 2.24) is 9.80 Å². The maximum Gasteiger partial charge on any atom is 0.253 e. The van der Waals surface area contributed by atoms with Gasteiger partial charge in [-0.05, 0) is 37.0 Å². The van der Waals surface area contributed by atoms with Crippen LogP contribution in [0.25, 0.3) is 0 Å². The molecule has 0 bridgehead atoms. The fourth-order valence-electron chi connectivity index (χ4n) is 4.26. The molecule has 29 heavy (non-hydrogen) atoms. The maximum atomic E-state index is 13.0. The summed E-state index contributed by atoms with van der Waals surface area (Å²) in [5.74, 6) is 0.348. The summed E-state index contributed by atoms with van der Waals surface area (Å²) in [4.78, 5) is 41.2. The summed E-state index contributed by atoms with van der Waals surface area (Å²) in [5.41, 5.74) is 2.39. The van der Waals surface area contributed by atoms with Crippen molar-refractivity contribution in [2.24, 2.45) is 5.92 Å². The summed E-state index contributed by atoms with van der Waals surface area (Å²) < 4.78 is 0. The molecule has 150 valence electrons. The van der Waals surface area contributed by atoms with E-state index in [1.807, 2.05) is 64.4 Å². The summed E-state index contributed by atoms with van der Waals surface area (Å²) in [6.45, 7) is 2.54. The predicted octanol–water partition coefficient (Wildman–Crippen LogP) is 3.54. The number of Topliss-reactive ketones (excluding diaryl/α,β-unsaturated/α-hetero) is 1. The molecule has 2 aliphatic heterocycles. The predicted molar refractivity (Wildman–Crippen MR) is 110 cm³/mol. The first-order valence-corrected chi connectivity index (χ1v) is 10.4. The van der Waals surface area contributed by atoms with E-state index in [2.05, 4.69) is 0 Å². The third-order valence-corrected chi connectivity index (χ3v) is 5.93. The van der Waals surface area contributed by atoms with E-state index in [-0.39, 0.29) is 23.5 Å². The molecular formula is C24H26N2O3. The number of hydrogen-bond acceptors (Lipinski definition) is 3. The van der Waals surface area contributed by atoms with E-state index in [1.165, 1.54) is 0 Å². The molecule has 2 heterocycles. The summed E-state index contributed by atoms with van der Waals surface area (Å²) >= 11 is 0. The van der Waals surface area contributed by atoms with Crippen LogP contribution in [0, 0.1) is 5.92 Å². The molecule has 0 aromatic heterocycles. The van der Waals surface area contributed by atoms with Crippen LogP contribution in [-0.2, 0) is 11.3 Å². The van der Waals surface area contributed by atoms with Crippen LogP contribution < -0.4 is 0 Å². The smallest absolute Gasteiger partial charge is 0.253 e. The number of amides is 2. The van der Waals surface area contributed by atoms with Gasteiger partial charge in [0.15, 0.2) is 5.78 Å². The lowest BCUT2D eigenvalue weighted by molar-refractivity contribution is -0.128. The first-order valence-electron chi connectivity index (χ1n) is 10.4. The summed E-state index contributed by atoms with van der Waals surface area (Å²) in [6, 6.07) is 17.0. The van der Waals surface area contributed by atoms with E-state index < -0.39 is 0 Å². The van der Waals surface area contributed by atoms with E-state index in [9.17, 15) is 14.4 Å². The molecule has 0 atom stereocenters. The van der Waals surface area contributed by atoms with E-state index in [1.54, 1.807) is 0 Å². The number of benzene rings is 2. The van der Waals surface area contributed by atoms with Crippen LogP contribution in [0.4, 0.5) is 0 Å². The van der Waals surface area contributed by atoms with Crippen molar-refractivity contribution in [1.29, 1.82) is 0 Å². The molecule has 2 aliphatic rings. The molecule has 2 saturated heterocycles. The molecule has 0 aliphatic carbocycles. The van der Waals surface area contributed by atoms with Gasteiger partial charge < -0.3 is 9.80 Å². The molecule has 4 rings (SSSR count). The molecule has 2 aromatic carbocycles. The maximum absolute atomic E-state index is 13.0. The SMILES string of the molecule is O=C(c1ccccc1)C1CCN(C(=O)c2cccc(CN3CCCC3=O)c2)CC1. The number of carbonyl (C=O) groups is 3. The highest BCUT2D eigenvalue weighted by molar-refractivity contribution is 5.98. The highest BCUT2D eigenvalue weighted by Crippen LogP contribution is 2.23. The number of likely N-dealkylation sites (tertiary alicyclic amines) is 2. The fraction of sp³-hybridized carbons (Fsp3) is 0.375. The highest BCUT2D eigenvalue weighted by Gasteiger charge is 2.28. The van der Waals surface area contributed by atoms with Crippen LogP contribution in [0.2, 0.25) is 0 Å². The Hall–Kier alpha value is -2.95. The normalized spacial score (nSPS) is 17.6. The van der Waals surface area contributed by atoms with Gasteiger partial charge >= 0.3 is 0 Å². The topological polar surface area (TPSA) is 57.7 Å². The van der Waals surface area contributed by atoms with Crippen LogP contribution in [-0.4, -0.2) is 47.0 Å². The van der Waals surface area contributed by atoms with Crippen molar-refractivity contribution in [2.45, 2.75) is 32.2 Å². The molecule has 0 unspecified atom stereocenters. The monoisotopic (exact) mass is 390 g/mol. The van der Waals surface area contributed by atoms with Crippen LogP contribution in [0.15, 0.2) is 54.6 Å². The van der Waals surface area contributed by atoms with Crippen molar-refractivity contribution in [2.75, 3.05) is 19.6 Å². The minimum absolute atomic E-state index is 0.00482. The van der Waals surface area contributed by atoms with Crippen molar-refractivity contribution in [3.05, 3.63) is 71.3 Å². The zero-order valence-corrected chi connectivity index (χ0v) is 16.5. The lowest BCUT2D eigenvalue weighted by atomic mass is 9.88. The van der Waals surface area contributed by atoms with E-state index in [0.29, 0.717) is 44.5 Å². The summed E-state index contributed by atoms with van der Waals surface area (Å²) in [5, 5.41) is 0. The average Bonchev–Trinajstić information content (AvgIpc) is 3.18. The third-order valence-electron chi connectivity index (χ3n) is 5.93. The third kappa shape index (κ3) is 4.39. The number of carbonyl (C=O) groups excluding carboxylic acids is 3. The van der Waals surface area contributed by atoms with Crippen LogP contribution in [0.3, 0.4) is 0 Å². The Labute approximate surface area is 171 Å². The Kier molecular flexibility index (Phi) is 5.74. The van der Waals surface area contributed by atoms with Crippen molar-refractivity contribution < 1.29 is 14.4 Å². The van der Waals surface area contributed by atoms with Crippen molar-refractivity contribution >= 4 is 17.6 Å². The van der Waals surface area contributed by atoms with Crippen LogP contribution in [0.5, 0.6) is 0 Å². The molecule has 0 N–H and O–H groups in total. The minimum atomic E-state index is -0.0195. The standard InChI is InChI=1S/C24H26N2O3/c27-22-10-5-13-26(22)17-18-6-4-9-21(16-18)24(29)25-14-11-20(12-15-25)23(28)19-7-2-1-3-8-19/h1-4,6-9,16,20H,5,10-15,17H2. The van der Waals surface area contributed by atoms with Crippen molar-refractivity contribution in [3.63, 3.8) is 0 Å². The second-order valence-corrected chi connectivity index (χ2v) is 7.92. The van der Waals surface area contributed by atoms with Crippen LogP contribution >= 0.6 is 0 Å². The van der Waals surface area contributed by atoms with Crippen LogP contribution in [0.1, 0.15) is 52.0 Å². The molecule has 0 spiro atoms. The van der Waals surface area contributed by atoms with Gasteiger partial charge in [0, 0.05) is 49.6 Å². The van der Waals surface area contributed by atoms with Gasteiger partial charge in [-0.25, -0.2) is 0 Å². The van der Waals surface area contributed by atoms with Gasteiger partial charge in [-0.15, -0.1) is 0 Å². The molecule has 2 fully saturated rings. The molecular weight excluding hydrogens is 364 g/mol. The fourth-order valence-corrected chi connectivity index (χ4v) is 4.26. The average molecular weight is 390 g/mol. The second kappa shape index (κ2) is 8.60. The molecule has 0 radical (unpaired) electrons. The van der Waals surface area contributed by atoms with E-state index >= 15 is 0 Å². The zero-order chi connectivity index (χ0) is 20.2. The second-order valence-electron chi connectivity index (χ2n) is 7.92. The lowest BCUT2D eigenvalue weighted by Gasteiger charge is -2.31. The molecule has 2 aromatic rings. The largest absolute Gasteiger partial charge is 0.339 e. The Bertz CT molecular complexity index is 901. The lowest BCUT2D eigenvalue weighted by Crippen LogP contribution is -2.40. The van der Waals surface area contributed by atoms with Gasteiger partial charge in [-0.2, -0.15) is 0 Å². The highest BCUT2D eigenvalue weighted by atomic mass is 16.2. The quantitative estimate of drug-likeness (QED) is 0.734. The molecule has 2 amide bonds. The Balaban J connectivity index is 1.36. The summed E-state index contributed by atoms with van der Waals surface area (Å²) in [6.07, 6.45) is 2.92. The molecule has 5 heteroatoms. The number of rotatable bonds is 5. The number of hydrogen-bond donors (Lipinski definition) is 0. The number of nitrogens with zero attached hydrogens (tertiary/aromatic N) is 2. The molecule has 5 nitrogen and oxygen atoms in total. The van der Waals surface area contributed by atoms with E-state index in [0.717, 1.165) is 24.1 Å². The number of ketones is 1. The Morgan fingerprint density at radius 1 is 0.897 bits per heavy atom. The minimum Gasteiger partial charge on any atom is -0.339 e. The Morgan fingerprint density at radius 3 is 2.31 bits per heavy atom. The van der Waals surface area contributed by atoms with E-state index in [4.69, 9.17) is 0 Å². The van der Waals surface area contributed by atoms with Gasteiger partial charge in [0.1, 0.15) is 0 Å². The number of piperidine rings is 1. The Morgan fingerprint density at radius 2 is 1.62 bits per heavy atom. The zero-order valence-electron chi connectivity index (χ0n) is 16.5. The van der Waals surface area contributed by atoms with Crippen molar-refractivity contribution in [3.8, 4) is 0 Å².